The molecule has 0 heterocycles. The van der Waals surface area contributed by atoms with E-state index in [9.17, 15) is 5.26 Å². The summed E-state index contributed by atoms with van der Waals surface area (Å²) in [5.41, 5.74) is 3.15. The van der Waals surface area contributed by atoms with Crippen LogP contribution in [0.2, 0.25) is 10.0 Å². The number of fused-ring (bicyclic) bond motifs is 1. The van der Waals surface area contributed by atoms with Gasteiger partial charge in [-0.15, -0.1) is 0 Å². The number of hydrogen-bond acceptors (Lipinski definition) is 3. The van der Waals surface area contributed by atoms with Crippen molar-refractivity contribution in [3.05, 3.63) is 106 Å². The van der Waals surface area contributed by atoms with Gasteiger partial charge in [0.05, 0.1) is 18.2 Å². The highest BCUT2D eigenvalue weighted by Gasteiger charge is 2.11. The lowest BCUT2D eigenvalue weighted by Gasteiger charge is -2.14. The van der Waals surface area contributed by atoms with Gasteiger partial charge < -0.3 is 9.47 Å². The summed E-state index contributed by atoms with van der Waals surface area (Å²) in [7, 11) is 0. The van der Waals surface area contributed by atoms with Crippen LogP contribution in [0, 0.1) is 11.3 Å². The van der Waals surface area contributed by atoms with Gasteiger partial charge in [-0.05, 0) is 53.6 Å². The Hall–Kier alpha value is -3.45. The monoisotopic (exact) mass is 473 g/mol. The van der Waals surface area contributed by atoms with Crippen LogP contribution >= 0.6 is 23.2 Å². The van der Waals surface area contributed by atoms with Gasteiger partial charge in [0.1, 0.15) is 6.61 Å². The van der Waals surface area contributed by atoms with Crippen molar-refractivity contribution in [2.45, 2.75) is 13.5 Å². The molecule has 4 aromatic carbocycles. The van der Waals surface area contributed by atoms with Crippen LogP contribution in [0.15, 0.2) is 78.9 Å². The van der Waals surface area contributed by atoms with Gasteiger partial charge in [-0.3, -0.25) is 0 Å². The summed E-state index contributed by atoms with van der Waals surface area (Å²) in [5.74, 6) is 1.20. The molecule has 0 bridgehead atoms. The van der Waals surface area contributed by atoms with Crippen LogP contribution in [0.25, 0.3) is 22.4 Å². The molecule has 0 unspecified atom stereocenters. The number of hydrogen-bond donors (Lipinski definition) is 0. The average molecular weight is 474 g/mol. The summed E-state index contributed by atoms with van der Waals surface area (Å²) in [4.78, 5) is 0. The Morgan fingerprint density at radius 1 is 0.909 bits per heavy atom. The highest BCUT2D eigenvalue weighted by Crippen LogP contribution is 2.33. The van der Waals surface area contributed by atoms with Crippen molar-refractivity contribution in [3.63, 3.8) is 0 Å². The van der Waals surface area contributed by atoms with Crippen molar-refractivity contribution in [2.75, 3.05) is 6.61 Å². The minimum atomic E-state index is 0.282. The van der Waals surface area contributed by atoms with Crippen LogP contribution in [0.5, 0.6) is 11.5 Å². The third kappa shape index (κ3) is 5.31. The predicted octanol–water partition coefficient (Wildman–Crippen LogP) is 8.19. The number of nitriles is 1. The van der Waals surface area contributed by atoms with Gasteiger partial charge in [0.25, 0.3) is 0 Å². The van der Waals surface area contributed by atoms with E-state index in [0.29, 0.717) is 33.7 Å². The molecule has 0 spiro atoms. The van der Waals surface area contributed by atoms with Crippen molar-refractivity contribution in [3.8, 4) is 17.6 Å². The van der Waals surface area contributed by atoms with E-state index < -0.39 is 0 Å². The van der Waals surface area contributed by atoms with Gasteiger partial charge in [0.15, 0.2) is 11.5 Å². The topological polar surface area (TPSA) is 42.2 Å². The van der Waals surface area contributed by atoms with Crippen LogP contribution < -0.4 is 9.47 Å². The Labute approximate surface area is 203 Å². The first-order valence-corrected chi connectivity index (χ1v) is 11.3. The molecular weight excluding hydrogens is 453 g/mol. The van der Waals surface area contributed by atoms with E-state index in [-0.39, 0.29) is 6.61 Å². The molecule has 4 aromatic rings. The Bertz CT molecular complexity index is 1370. The van der Waals surface area contributed by atoms with Gasteiger partial charge in [0.2, 0.25) is 0 Å². The number of nitrogens with zero attached hydrogens (tertiary/aromatic N) is 1. The fraction of sp³-hybridized carbons (Fsp3) is 0.107. The van der Waals surface area contributed by atoms with E-state index in [1.54, 1.807) is 12.1 Å². The van der Waals surface area contributed by atoms with E-state index in [0.717, 1.165) is 27.5 Å². The van der Waals surface area contributed by atoms with Crippen molar-refractivity contribution >= 4 is 45.6 Å². The van der Waals surface area contributed by atoms with Crippen molar-refractivity contribution in [1.82, 2.24) is 0 Å². The summed E-state index contributed by atoms with van der Waals surface area (Å²) < 4.78 is 11.8. The molecule has 0 aliphatic rings. The number of allylic oxidation sites excluding steroid dienone is 1. The smallest absolute Gasteiger partial charge is 0.161 e. The highest BCUT2D eigenvalue weighted by atomic mass is 35.5. The zero-order valence-corrected chi connectivity index (χ0v) is 19.5. The molecule has 0 saturated carbocycles. The third-order valence-electron chi connectivity index (χ3n) is 5.18. The Morgan fingerprint density at radius 2 is 1.73 bits per heavy atom. The molecule has 4 rings (SSSR count). The van der Waals surface area contributed by atoms with E-state index in [2.05, 4.69) is 6.07 Å². The Kier molecular flexibility index (Phi) is 7.19. The fourth-order valence-corrected chi connectivity index (χ4v) is 4.06. The minimum Gasteiger partial charge on any atom is -0.490 e. The zero-order valence-electron chi connectivity index (χ0n) is 18.0. The maximum absolute atomic E-state index is 9.89. The Morgan fingerprint density at radius 3 is 2.52 bits per heavy atom. The van der Waals surface area contributed by atoms with Gasteiger partial charge >= 0.3 is 0 Å². The van der Waals surface area contributed by atoms with Crippen LogP contribution in [0.1, 0.15) is 23.6 Å². The molecule has 3 nitrogen and oxygen atoms in total. The van der Waals surface area contributed by atoms with Gasteiger partial charge in [-0.25, -0.2) is 0 Å². The molecule has 0 atom stereocenters. The maximum atomic E-state index is 9.89. The van der Waals surface area contributed by atoms with E-state index in [1.165, 1.54) is 0 Å². The molecule has 164 valence electrons. The highest BCUT2D eigenvalue weighted by molar-refractivity contribution is 6.35. The van der Waals surface area contributed by atoms with Gasteiger partial charge in [-0.2, -0.15) is 5.26 Å². The lowest BCUT2D eigenvalue weighted by atomic mass is 9.97. The molecule has 0 N–H and O–H groups in total. The van der Waals surface area contributed by atoms with Gasteiger partial charge in [0, 0.05) is 21.2 Å². The summed E-state index contributed by atoms with van der Waals surface area (Å²) in [6.07, 6.45) is 1.87. The molecule has 0 aliphatic heterocycles. The lowest BCUT2D eigenvalue weighted by Crippen LogP contribution is -2.00. The quantitative estimate of drug-likeness (QED) is 0.200. The predicted molar refractivity (Wildman–Crippen MR) is 136 cm³/mol. The third-order valence-corrected chi connectivity index (χ3v) is 5.76. The summed E-state index contributed by atoms with van der Waals surface area (Å²) >= 11 is 12.2. The summed E-state index contributed by atoms with van der Waals surface area (Å²) in [5, 5.41) is 13.1. The summed E-state index contributed by atoms with van der Waals surface area (Å²) in [6.45, 7) is 2.68. The fourth-order valence-electron chi connectivity index (χ4n) is 3.59. The van der Waals surface area contributed by atoms with E-state index >= 15 is 0 Å². The number of rotatable bonds is 7. The number of halogens is 2. The van der Waals surface area contributed by atoms with Crippen LogP contribution in [-0.4, -0.2) is 6.61 Å². The first-order chi connectivity index (χ1) is 16.1. The van der Waals surface area contributed by atoms with Crippen LogP contribution in [-0.2, 0) is 6.61 Å². The van der Waals surface area contributed by atoms with Crippen LogP contribution in [0.4, 0.5) is 0 Å². The van der Waals surface area contributed by atoms with Crippen molar-refractivity contribution < 1.29 is 9.47 Å². The number of ether oxygens (including phenoxy) is 2. The number of benzene rings is 4. The molecule has 0 saturated heterocycles. The maximum Gasteiger partial charge on any atom is 0.161 e. The molecule has 0 aliphatic carbocycles. The molecule has 0 radical (unpaired) electrons. The minimum absolute atomic E-state index is 0.282. The lowest BCUT2D eigenvalue weighted by molar-refractivity contribution is 0.269. The second kappa shape index (κ2) is 10.4. The molecule has 5 heteroatoms. The SMILES string of the molecule is CCOc1cc(/C=C(/C#N)c2cccc3ccccc23)ccc1OCc1ccc(Cl)cc1Cl. The first kappa shape index (κ1) is 22.7. The molecule has 0 aromatic heterocycles. The van der Waals surface area contributed by atoms with E-state index in [1.807, 2.05) is 79.7 Å². The standard InChI is InChI=1S/C28H21Cl2NO2/c1-2-32-28-15-19(10-13-27(28)33-18-21-11-12-23(29)16-26(21)30)14-22(17-31)25-9-5-7-20-6-3-4-8-24(20)25/h3-16H,2,18H2,1H3/b22-14-. The first-order valence-electron chi connectivity index (χ1n) is 10.5. The summed E-state index contributed by atoms with van der Waals surface area (Å²) in [6, 6.07) is 27.3. The second-order valence-corrected chi connectivity index (χ2v) is 8.20. The van der Waals surface area contributed by atoms with Crippen LogP contribution in [0.3, 0.4) is 0 Å². The zero-order chi connectivity index (χ0) is 23.2. The normalized spacial score (nSPS) is 11.3. The van der Waals surface area contributed by atoms with E-state index in [4.69, 9.17) is 32.7 Å². The average Bonchev–Trinajstić information content (AvgIpc) is 2.83. The second-order valence-electron chi connectivity index (χ2n) is 7.36. The molecular formula is C28H21Cl2NO2. The molecule has 0 amide bonds. The molecule has 0 fully saturated rings. The Balaban J connectivity index is 1.64. The largest absolute Gasteiger partial charge is 0.490 e. The molecule has 33 heavy (non-hydrogen) atoms. The van der Waals surface area contributed by atoms with Crippen molar-refractivity contribution in [1.29, 1.82) is 5.26 Å². The van der Waals surface area contributed by atoms with Gasteiger partial charge in [-0.1, -0.05) is 77.8 Å². The van der Waals surface area contributed by atoms with Crippen molar-refractivity contribution in [2.24, 2.45) is 0 Å².